The average molecular weight is 430 g/mol. The van der Waals surface area contributed by atoms with Crippen LogP contribution >= 0.6 is 0 Å². The van der Waals surface area contributed by atoms with Gasteiger partial charge in [0.1, 0.15) is 10.6 Å². The third kappa shape index (κ3) is 4.24. The van der Waals surface area contributed by atoms with Gasteiger partial charge in [0.05, 0.1) is 12.3 Å². The van der Waals surface area contributed by atoms with Crippen molar-refractivity contribution >= 4 is 10.0 Å². The molecular weight excluding hydrogens is 398 g/mol. The fourth-order valence-corrected chi connectivity index (χ4v) is 6.35. The van der Waals surface area contributed by atoms with E-state index in [1.54, 1.807) is 22.5 Å². The van der Waals surface area contributed by atoms with Crippen LogP contribution in [0.15, 0.2) is 47.4 Å². The van der Waals surface area contributed by atoms with E-state index in [0.29, 0.717) is 18.9 Å². The Morgan fingerprint density at radius 1 is 1.10 bits per heavy atom. The number of rotatable bonds is 3. The first kappa shape index (κ1) is 21.3. The van der Waals surface area contributed by atoms with Gasteiger partial charge in [-0.05, 0) is 71.0 Å². The summed E-state index contributed by atoms with van der Waals surface area (Å²) in [5.41, 5.74) is 1.94. The van der Waals surface area contributed by atoms with E-state index in [9.17, 15) is 8.42 Å². The van der Waals surface area contributed by atoms with Gasteiger partial charge in [0.25, 0.3) is 0 Å². The molecule has 2 aliphatic heterocycles. The van der Waals surface area contributed by atoms with Crippen LogP contribution < -0.4 is 4.74 Å². The molecule has 3 heterocycles. The molecule has 1 fully saturated rings. The molecule has 0 N–H and O–H groups in total. The van der Waals surface area contributed by atoms with Gasteiger partial charge >= 0.3 is 0 Å². The summed E-state index contributed by atoms with van der Waals surface area (Å²) in [6.07, 6.45) is 1.81. The van der Waals surface area contributed by atoms with E-state index in [1.165, 1.54) is 0 Å². The number of benzene rings is 1. The van der Waals surface area contributed by atoms with Crippen LogP contribution in [0.2, 0.25) is 0 Å². The Morgan fingerprint density at radius 3 is 2.53 bits per heavy atom. The number of hydrogen-bond acceptors (Lipinski definition) is 5. The largest absolute Gasteiger partial charge is 0.492 e. The summed E-state index contributed by atoms with van der Waals surface area (Å²) in [6, 6.07) is 13.0. The quantitative estimate of drug-likeness (QED) is 0.748. The summed E-state index contributed by atoms with van der Waals surface area (Å²) < 4.78 is 34.6. The molecule has 0 aliphatic carbocycles. The molecule has 1 saturated heterocycles. The maximum Gasteiger partial charge on any atom is 0.247 e. The highest BCUT2D eigenvalue weighted by Crippen LogP contribution is 2.40. The van der Waals surface area contributed by atoms with Crippen molar-refractivity contribution in [2.24, 2.45) is 5.41 Å². The zero-order valence-electron chi connectivity index (χ0n) is 18.0. The molecule has 1 aromatic carbocycles. The minimum atomic E-state index is -3.60. The van der Waals surface area contributed by atoms with Crippen LogP contribution in [-0.2, 0) is 16.6 Å². The maximum atomic E-state index is 13.4. The molecule has 0 amide bonds. The second-order valence-electron chi connectivity index (χ2n) is 8.93. The Kier molecular flexibility index (Phi) is 5.88. The summed E-state index contributed by atoms with van der Waals surface area (Å²) in [7, 11) is -3.60. The SMILES string of the molecule is Cc1cccc(CN2CCC3(CC2)COc2ccccc2S(=O)(=O)N(C(C)C)C3)n1. The van der Waals surface area contributed by atoms with Crippen molar-refractivity contribution in [3.05, 3.63) is 53.9 Å². The lowest BCUT2D eigenvalue weighted by molar-refractivity contribution is 0.0279. The average Bonchev–Trinajstić information content (AvgIpc) is 2.71. The number of likely N-dealkylation sites (tertiary alicyclic amines) is 1. The zero-order valence-corrected chi connectivity index (χ0v) is 18.9. The Balaban J connectivity index is 1.55. The summed E-state index contributed by atoms with van der Waals surface area (Å²) in [4.78, 5) is 7.31. The first-order chi connectivity index (χ1) is 14.3. The summed E-state index contributed by atoms with van der Waals surface area (Å²) in [5, 5.41) is 0. The molecule has 1 spiro atoms. The number of piperidine rings is 1. The van der Waals surface area contributed by atoms with E-state index in [4.69, 9.17) is 4.74 Å². The van der Waals surface area contributed by atoms with Gasteiger partial charge in [-0.25, -0.2) is 8.42 Å². The number of fused-ring (bicyclic) bond motifs is 1. The van der Waals surface area contributed by atoms with E-state index in [1.807, 2.05) is 32.9 Å². The first-order valence-electron chi connectivity index (χ1n) is 10.7. The summed E-state index contributed by atoms with van der Waals surface area (Å²) >= 11 is 0. The summed E-state index contributed by atoms with van der Waals surface area (Å²) in [6.45, 7) is 9.60. The van der Waals surface area contributed by atoms with E-state index in [-0.39, 0.29) is 16.4 Å². The highest BCUT2D eigenvalue weighted by molar-refractivity contribution is 7.89. The molecule has 4 rings (SSSR count). The molecule has 0 unspecified atom stereocenters. The number of pyridine rings is 1. The number of hydrogen-bond donors (Lipinski definition) is 0. The number of aryl methyl sites for hydroxylation is 1. The molecule has 30 heavy (non-hydrogen) atoms. The van der Waals surface area contributed by atoms with E-state index in [2.05, 4.69) is 22.0 Å². The molecule has 6 nitrogen and oxygen atoms in total. The zero-order chi connectivity index (χ0) is 21.4. The van der Waals surface area contributed by atoms with E-state index < -0.39 is 10.0 Å². The molecule has 7 heteroatoms. The second kappa shape index (κ2) is 8.29. The van der Waals surface area contributed by atoms with E-state index in [0.717, 1.165) is 43.9 Å². The number of para-hydroxylation sites is 1. The highest BCUT2D eigenvalue weighted by atomic mass is 32.2. The third-order valence-corrected chi connectivity index (χ3v) is 8.35. The predicted molar refractivity (Wildman–Crippen MR) is 117 cm³/mol. The van der Waals surface area contributed by atoms with Crippen LogP contribution in [0.1, 0.15) is 38.1 Å². The molecular formula is C23H31N3O3S. The molecule has 2 aromatic rings. The lowest BCUT2D eigenvalue weighted by atomic mass is 9.78. The van der Waals surface area contributed by atoms with Crippen LogP contribution in [0.5, 0.6) is 5.75 Å². The lowest BCUT2D eigenvalue weighted by Gasteiger charge is -2.45. The van der Waals surface area contributed by atoms with Crippen molar-refractivity contribution in [3.8, 4) is 5.75 Å². The second-order valence-corrected chi connectivity index (χ2v) is 10.8. The third-order valence-electron chi connectivity index (χ3n) is 6.29. The van der Waals surface area contributed by atoms with E-state index >= 15 is 0 Å². The number of ether oxygens (including phenoxy) is 1. The maximum absolute atomic E-state index is 13.4. The van der Waals surface area contributed by atoms with Gasteiger partial charge in [0.2, 0.25) is 10.0 Å². The standard InChI is InChI=1S/C23H31N3O3S/c1-18(2)26-16-23(17-29-21-9-4-5-10-22(21)30(26,27)28)11-13-25(14-12-23)15-20-8-6-7-19(3)24-20/h4-10,18H,11-17H2,1-3H3. The molecule has 0 bridgehead atoms. The Morgan fingerprint density at radius 2 is 1.83 bits per heavy atom. The molecule has 0 atom stereocenters. The van der Waals surface area contributed by atoms with Crippen LogP contribution in [0.4, 0.5) is 0 Å². The monoisotopic (exact) mass is 429 g/mol. The fraction of sp³-hybridized carbons (Fsp3) is 0.522. The van der Waals surface area contributed by atoms with Gasteiger partial charge < -0.3 is 4.74 Å². The van der Waals surface area contributed by atoms with Crippen molar-refractivity contribution in [1.82, 2.24) is 14.2 Å². The van der Waals surface area contributed by atoms with Gasteiger partial charge in [-0.1, -0.05) is 18.2 Å². The van der Waals surface area contributed by atoms with Crippen LogP contribution in [0, 0.1) is 12.3 Å². The van der Waals surface area contributed by atoms with Crippen LogP contribution in [0.25, 0.3) is 0 Å². The van der Waals surface area contributed by atoms with Gasteiger partial charge in [-0.3, -0.25) is 9.88 Å². The van der Waals surface area contributed by atoms with Gasteiger partial charge in [0.15, 0.2) is 0 Å². The topological polar surface area (TPSA) is 62.7 Å². The van der Waals surface area contributed by atoms with Crippen molar-refractivity contribution in [1.29, 1.82) is 0 Å². The lowest BCUT2D eigenvalue weighted by Crippen LogP contribution is -2.53. The van der Waals surface area contributed by atoms with Crippen molar-refractivity contribution in [2.45, 2.75) is 51.1 Å². The Bertz CT molecular complexity index is 998. The van der Waals surface area contributed by atoms with Crippen molar-refractivity contribution in [3.63, 3.8) is 0 Å². The first-order valence-corrected chi connectivity index (χ1v) is 12.1. The van der Waals surface area contributed by atoms with Crippen LogP contribution in [0.3, 0.4) is 0 Å². The number of nitrogens with zero attached hydrogens (tertiary/aromatic N) is 3. The minimum absolute atomic E-state index is 0.104. The summed E-state index contributed by atoms with van der Waals surface area (Å²) in [5.74, 6) is 0.466. The van der Waals surface area contributed by atoms with Gasteiger partial charge in [-0.2, -0.15) is 4.31 Å². The van der Waals surface area contributed by atoms with Crippen molar-refractivity contribution in [2.75, 3.05) is 26.2 Å². The van der Waals surface area contributed by atoms with Gasteiger partial charge in [0, 0.05) is 30.2 Å². The molecule has 1 aromatic heterocycles. The molecule has 0 radical (unpaired) electrons. The molecule has 0 saturated carbocycles. The smallest absolute Gasteiger partial charge is 0.247 e. The number of aromatic nitrogens is 1. The Hall–Kier alpha value is -1.96. The molecule has 162 valence electrons. The highest BCUT2D eigenvalue weighted by Gasteiger charge is 2.43. The predicted octanol–water partition coefficient (Wildman–Crippen LogP) is 3.46. The number of sulfonamides is 1. The Labute approximate surface area is 179 Å². The minimum Gasteiger partial charge on any atom is -0.492 e. The normalized spacial score (nSPS) is 21.6. The van der Waals surface area contributed by atoms with Crippen molar-refractivity contribution < 1.29 is 13.2 Å². The fourth-order valence-electron chi connectivity index (χ4n) is 4.47. The van der Waals surface area contributed by atoms with Crippen LogP contribution in [-0.4, -0.2) is 54.9 Å². The van der Waals surface area contributed by atoms with Gasteiger partial charge in [-0.15, -0.1) is 0 Å². The molecule has 2 aliphatic rings.